The summed E-state index contributed by atoms with van der Waals surface area (Å²) < 4.78 is 13.8. The number of amidine groups is 1. The Labute approximate surface area is 140 Å². The average molecular weight is 332 g/mol. The third-order valence-electron chi connectivity index (χ3n) is 4.35. The standard InChI is InChI=1S/C17H24N4OS/c1-10-8-11(2)15-18-17(4,5)9-21(15)14(10)13-12(3)16(23(7)22)20(6)19-13/h8H,9H2,1-7H3. The summed E-state index contributed by atoms with van der Waals surface area (Å²) in [7, 11) is 0.795. The van der Waals surface area contributed by atoms with Gasteiger partial charge in [-0.2, -0.15) is 5.10 Å². The van der Waals surface area contributed by atoms with E-state index in [2.05, 4.69) is 43.8 Å². The van der Waals surface area contributed by atoms with Gasteiger partial charge in [0, 0.05) is 25.4 Å². The number of aliphatic imine (C=N–C) groups is 1. The maximum absolute atomic E-state index is 12.0. The number of nitrogens with zero attached hydrogens (tertiary/aromatic N) is 4. The zero-order valence-corrected chi connectivity index (χ0v) is 15.7. The van der Waals surface area contributed by atoms with Gasteiger partial charge in [0.15, 0.2) is 0 Å². The van der Waals surface area contributed by atoms with Crippen molar-refractivity contribution in [3.63, 3.8) is 0 Å². The van der Waals surface area contributed by atoms with Crippen molar-refractivity contribution in [3.05, 3.63) is 28.5 Å². The second-order valence-corrected chi connectivity index (χ2v) is 8.34. The van der Waals surface area contributed by atoms with E-state index >= 15 is 0 Å². The minimum Gasteiger partial charge on any atom is -0.322 e. The van der Waals surface area contributed by atoms with E-state index in [1.807, 2.05) is 14.0 Å². The van der Waals surface area contributed by atoms with E-state index in [9.17, 15) is 4.21 Å². The lowest BCUT2D eigenvalue weighted by Gasteiger charge is -2.29. The average Bonchev–Trinajstić information content (AvgIpc) is 2.87. The molecule has 0 radical (unpaired) electrons. The minimum absolute atomic E-state index is 0.112. The Bertz CT molecular complexity index is 811. The Morgan fingerprint density at radius 3 is 2.48 bits per heavy atom. The smallest absolute Gasteiger partial charge is 0.131 e. The van der Waals surface area contributed by atoms with Gasteiger partial charge in [-0.05, 0) is 45.8 Å². The predicted molar refractivity (Wildman–Crippen MR) is 94.8 cm³/mol. The first-order chi connectivity index (χ1) is 10.6. The lowest BCUT2D eigenvalue weighted by Crippen LogP contribution is -2.34. The maximum atomic E-state index is 12.0. The van der Waals surface area contributed by atoms with Gasteiger partial charge in [-0.15, -0.1) is 0 Å². The SMILES string of the molecule is CC1=CC(C)=C(c2nn(C)c(S(C)=O)c2C)N2CC(C)(C)N=C12. The van der Waals surface area contributed by atoms with Crippen molar-refractivity contribution in [2.24, 2.45) is 12.0 Å². The molecule has 5 nitrogen and oxygen atoms in total. The summed E-state index contributed by atoms with van der Waals surface area (Å²) in [4.78, 5) is 7.14. The minimum atomic E-state index is -1.06. The van der Waals surface area contributed by atoms with Gasteiger partial charge in [-0.3, -0.25) is 13.9 Å². The predicted octanol–water partition coefficient (Wildman–Crippen LogP) is 2.65. The van der Waals surface area contributed by atoms with E-state index in [0.29, 0.717) is 0 Å². The van der Waals surface area contributed by atoms with Crippen LogP contribution >= 0.6 is 0 Å². The summed E-state index contributed by atoms with van der Waals surface area (Å²) in [5.41, 5.74) is 5.23. The maximum Gasteiger partial charge on any atom is 0.131 e. The fraction of sp³-hybridized carbons (Fsp3) is 0.529. The van der Waals surface area contributed by atoms with Crippen LogP contribution in [0.2, 0.25) is 0 Å². The molecular formula is C17H24N4OS. The van der Waals surface area contributed by atoms with E-state index in [-0.39, 0.29) is 5.54 Å². The summed E-state index contributed by atoms with van der Waals surface area (Å²) in [6.45, 7) is 11.3. The van der Waals surface area contributed by atoms with Crippen LogP contribution in [0.3, 0.4) is 0 Å². The van der Waals surface area contributed by atoms with Crippen LogP contribution in [-0.2, 0) is 17.8 Å². The van der Waals surface area contributed by atoms with Gasteiger partial charge in [-0.25, -0.2) is 0 Å². The van der Waals surface area contributed by atoms with Crippen LogP contribution in [0.5, 0.6) is 0 Å². The molecule has 0 spiro atoms. The number of fused-ring (bicyclic) bond motifs is 1. The first-order valence-electron chi connectivity index (χ1n) is 7.77. The zero-order valence-electron chi connectivity index (χ0n) is 14.9. The van der Waals surface area contributed by atoms with Gasteiger partial charge in [0.2, 0.25) is 0 Å². The van der Waals surface area contributed by atoms with Gasteiger partial charge in [0.1, 0.15) is 16.6 Å². The van der Waals surface area contributed by atoms with E-state index in [1.165, 1.54) is 11.1 Å². The van der Waals surface area contributed by atoms with Crippen LogP contribution in [-0.4, -0.2) is 43.1 Å². The van der Waals surface area contributed by atoms with Crippen LogP contribution in [0.15, 0.2) is 27.2 Å². The fourth-order valence-corrected chi connectivity index (χ4v) is 4.50. The second kappa shape index (κ2) is 5.16. The second-order valence-electron chi connectivity index (χ2n) is 7.05. The lowest BCUT2D eigenvalue weighted by molar-refractivity contribution is 0.459. The van der Waals surface area contributed by atoms with Crippen molar-refractivity contribution in [2.75, 3.05) is 12.8 Å². The van der Waals surface area contributed by atoms with Crippen LogP contribution in [0.25, 0.3) is 5.70 Å². The Balaban J connectivity index is 2.21. The molecule has 0 saturated heterocycles. The molecule has 1 aromatic rings. The van der Waals surface area contributed by atoms with Crippen molar-refractivity contribution < 1.29 is 4.21 Å². The molecule has 0 fully saturated rings. The van der Waals surface area contributed by atoms with E-state index < -0.39 is 10.8 Å². The van der Waals surface area contributed by atoms with Crippen molar-refractivity contribution in [2.45, 2.75) is 45.2 Å². The molecule has 2 aliphatic heterocycles. The van der Waals surface area contributed by atoms with Gasteiger partial charge >= 0.3 is 0 Å². The van der Waals surface area contributed by atoms with Crippen molar-refractivity contribution >= 4 is 22.3 Å². The molecule has 1 aromatic heterocycles. The van der Waals surface area contributed by atoms with Crippen molar-refractivity contribution in [1.29, 1.82) is 0 Å². The van der Waals surface area contributed by atoms with Gasteiger partial charge in [0.05, 0.1) is 22.0 Å². The highest BCUT2D eigenvalue weighted by molar-refractivity contribution is 7.84. The van der Waals surface area contributed by atoms with E-state index in [1.54, 1.807) is 10.9 Å². The summed E-state index contributed by atoms with van der Waals surface area (Å²) in [6, 6.07) is 0. The molecule has 1 unspecified atom stereocenters. The molecule has 0 N–H and O–H groups in total. The molecule has 0 aromatic carbocycles. The van der Waals surface area contributed by atoms with Crippen LogP contribution in [0.1, 0.15) is 39.0 Å². The molecule has 0 bridgehead atoms. The third-order valence-corrected chi connectivity index (χ3v) is 5.47. The van der Waals surface area contributed by atoms with Gasteiger partial charge in [0.25, 0.3) is 0 Å². The largest absolute Gasteiger partial charge is 0.322 e. The van der Waals surface area contributed by atoms with E-state index in [0.717, 1.165) is 34.4 Å². The Morgan fingerprint density at radius 2 is 1.91 bits per heavy atom. The topological polar surface area (TPSA) is 50.5 Å². The fourth-order valence-electron chi connectivity index (χ4n) is 3.56. The number of hydrogen-bond acceptors (Lipinski definition) is 4. The van der Waals surface area contributed by atoms with Crippen molar-refractivity contribution in [1.82, 2.24) is 14.7 Å². The van der Waals surface area contributed by atoms with Crippen LogP contribution < -0.4 is 0 Å². The molecule has 0 amide bonds. The monoisotopic (exact) mass is 332 g/mol. The Hall–Kier alpha value is -1.69. The van der Waals surface area contributed by atoms with Gasteiger partial charge < -0.3 is 4.90 Å². The summed E-state index contributed by atoms with van der Waals surface area (Å²) in [5.74, 6) is 1.03. The Morgan fingerprint density at radius 1 is 1.26 bits per heavy atom. The Kier molecular flexibility index (Phi) is 3.63. The summed E-state index contributed by atoms with van der Waals surface area (Å²) >= 11 is 0. The molecule has 124 valence electrons. The highest BCUT2D eigenvalue weighted by Crippen LogP contribution is 2.38. The number of aryl methyl sites for hydroxylation is 1. The number of rotatable bonds is 2. The molecule has 2 aliphatic rings. The highest BCUT2D eigenvalue weighted by Gasteiger charge is 2.38. The summed E-state index contributed by atoms with van der Waals surface area (Å²) in [5, 5.41) is 5.46. The first-order valence-corrected chi connectivity index (χ1v) is 9.32. The van der Waals surface area contributed by atoms with E-state index in [4.69, 9.17) is 4.99 Å². The molecule has 0 aliphatic carbocycles. The molecule has 3 heterocycles. The summed E-state index contributed by atoms with van der Waals surface area (Å²) in [6.07, 6.45) is 3.87. The van der Waals surface area contributed by atoms with Gasteiger partial charge in [-0.1, -0.05) is 6.08 Å². The quantitative estimate of drug-likeness (QED) is 0.836. The molecule has 23 heavy (non-hydrogen) atoms. The highest BCUT2D eigenvalue weighted by atomic mass is 32.2. The molecular weight excluding hydrogens is 308 g/mol. The molecule has 0 saturated carbocycles. The van der Waals surface area contributed by atoms with Crippen LogP contribution in [0.4, 0.5) is 0 Å². The number of hydrogen-bond donors (Lipinski definition) is 0. The zero-order chi connectivity index (χ0) is 17.1. The number of aromatic nitrogens is 2. The molecule has 3 rings (SSSR count). The van der Waals surface area contributed by atoms with Crippen molar-refractivity contribution in [3.8, 4) is 0 Å². The molecule has 1 atom stereocenters. The number of allylic oxidation sites excluding steroid dienone is 2. The lowest BCUT2D eigenvalue weighted by atomic mass is 10.00. The third kappa shape index (κ3) is 2.49. The first kappa shape index (κ1) is 16.2. The molecule has 6 heteroatoms. The normalized spacial score (nSPS) is 21.3. The van der Waals surface area contributed by atoms with Crippen LogP contribution in [0, 0.1) is 6.92 Å².